The minimum atomic E-state index is -1.16. The second kappa shape index (κ2) is 7.13. The monoisotopic (exact) mass is 314 g/mol. The number of furan rings is 1. The number of rotatable bonds is 6. The van der Waals surface area contributed by atoms with E-state index in [4.69, 9.17) is 4.42 Å². The van der Waals surface area contributed by atoms with Gasteiger partial charge in [-0.15, -0.1) is 0 Å². The summed E-state index contributed by atoms with van der Waals surface area (Å²) < 4.78 is 5.16. The van der Waals surface area contributed by atoms with Crippen molar-refractivity contribution < 1.29 is 14.0 Å². The highest BCUT2D eigenvalue weighted by Crippen LogP contribution is 2.16. The molecule has 0 atom stereocenters. The standard InChI is InChI=1S/C18H22N2O3/c1-13-6-4-7-14(10-13)11-19-16(21)18(2,3)17(22)20-12-15-8-5-9-23-15/h4-10H,11-12H2,1-3H3,(H,19,21)(H,20,22). The predicted molar refractivity (Wildman–Crippen MR) is 87.4 cm³/mol. The Kier molecular flexibility index (Phi) is 5.21. The molecule has 1 heterocycles. The van der Waals surface area contributed by atoms with Gasteiger partial charge in [0, 0.05) is 6.54 Å². The third-order valence-corrected chi connectivity index (χ3v) is 3.67. The number of hydrogen-bond donors (Lipinski definition) is 2. The molecule has 1 aromatic carbocycles. The molecule has 5 heteroatoms. The molecule has 23 heavy (non-hydrogen) atoms. The molecule has 2 amide bonds. The summed E-state index contributed by atoms with van der Waals surface area (Å²) in [5.74, 6) is 0.000845. The van der Waals surface area contributed by atoms with E-state index in [1.807, 2.05) is 31.2 Å². The summed E-state index contributed by atoms with van der Waals surface area (Å²) >= 11 is 0. The van der Waals surface area contributed by atoms with Crippen LogP contribution >= 0.6 is 0 Å². The first-order valence-electron chi connectivity index (χ1n) is 7.54. The molecule has 1 aromatic heterocycles. The Morgan fingerprint density at radius 2 is 1.74 bits per heavy atom. The summed E-state index contributed by atoms with van der Waals surface area (Å²) in [5.41, 5.74) is 0.980. The minimum Gasteiger partial charge on any atom is -0.467 e. The maximum absolute atomic E-state index is 12.3. The Hall–Kier alpha value is -2.56. The van der Waals surface area contributed by atoms with Gasteiger partial charge in [0.1, 0.15) is 11.2 Å². The summed E-state index contributed by atoms with van der Waals surface area (Å²) in [7, 11) is 0. The van der Waals surface area contributed by atoms with Crippen LogP contribution in [0.15, 0.2) is 47.1 Å². The molecule has 0 spiro atoms. The zero-order valence-electron chi connectivity index (χ0n) is 13.7. The summed E-state index contributed by atoms with van der Waals surface area (Å²) in [6.45, 7) is 5.87. The summed E-state index contributed by atoms with van der Waals surface area (Å²) in [6, 6.07) is 11.4. The fourth-order valence-electron chi connectivity index (χ4n) is 2.13. The van der Waals surface area contributed by atoms with Crippen molar-refractivity contribution >= 4 is 11.8 Å². The van der Waals surface area contributed by atoms with Gasteiger partial charge in [-0.3, -0.25) is 9.59 Å². The van der Waals surface area contributed by atoms with E-state index >= 15 is 0 Å². The van der Waals surface area contributed by atoms with E-state index in [2.05, 4.69) is 10.6 Å². The van der Waals surface area contributed by atoms with E-state index in [-0.39, 0.29) is 18.4 Å². The molecule has 0 fully saturated rings. The third-order valence-electron chi connectivity index (χ3n) is 3.67. The zero-order valence-corrected chi connectivity index (χ0v) is 13.7. The topological polar surface area (TPSA) is 71.3 Å². The average molecular weight is 314 g/mol. The molecule has 0 radical (unpaired) electrons. The summed E-state index contributed by atoms with van der Waals surface area (Å²) in [6.07, 6.45) is 1.54. The van der Waals surface area contributed by atoms with Gasteiger partial charge in [-0.1, -0.05) is 29.8 Å². The van der Waals surface area contributed by atoms with Crippen molar-refractivity contribution in [1.82, 2.24) is 10.6 Å². The van der Waals surface area contributed by atoms with Gasteiger partial charge in [0.15, 0.2) is 0 Å². The maximum atomic E-state index is 12.3. The van der Waals surface area contributed by atoms with Crippen molar-refractivity contribution in [1.29, 1.82) is 0 Å². The van der Waals surface area contributed by atoms with Gasteiger partial charge in [-0.25, -0.2) is 0 Å². The third kappa shape index (κ3) is 4.45. The fraction of sp³-hybridized carbons (Fsp3) is 0.333. The van der Waals surface area contributed by atoms with Gasteiger partial charge in [-0.05, 0) is 38.5 Å². The maximum Gasteiger partial charge on any atom is 0.235 e. The van der Waals surface area contributed by atoms with Crippen LogP contribution in [-0.4, -0.2) is 11.8 Å². The normalized spacial score (nSPS) is 11.1. The van der Waals surface area contributed by atoms with E-state index < -0.39 is 5.41 Å². The quantitative estimate of drug-likeness (QED) is 0.805. The van der Waals surface area contributed by atoms with Crippen LogP contribution in [0.25, 0.3) is 0 Å². The molecule has 122 valence electrons. The number of carbonyl (C=O) groups excluding carboxylic acids is 2. The molecule has 2 aromatic rings. The summed E-state index contributed by atoms with van der Waals surface area (Å²) in [5, 5.41) is 5.54. The fourth-order valence-corrected chi connectivity index (χ4v) is 2.13. The molecule has 0 aliphatic rings. The SMILES string of the molecule is Cc1cccc(CNC(=O)C(C)(C)C(=O)NCc2ccco2)c1. The van der Waals surface area contributed by atoms with Crippen molar-refractivity contribution in [2.24, 2.45) is 5.41 Å². The highest BCUT2D eigenvalue weighted by molar-refractivity contribution is 6.04. The van der Waals surface area contributed by atoms with Crippen LogP contribution in [0.1, 0.15) is 30.7 Å². The molecule has 0 bridgehead atoms. The Balaban J connectivity index is 1.89. The average Bonchev–Trinajstić information content (AvgIpc) is 3.03. The van der Waals surface area contributed by atoms with Crippen LogP contribution in [0, 0.1) is 12.3 Å². The lowest BCUT2D eigenvalue weighted by atomic mass is 9.91. The minimum absolute atomic E-state index is 0.264. The molecule has 0 saturated heterocycles. The predicted octanol–water partition coefficient (Wildman–Crippen LogP) is 2.55. The van der Waals surface area contributed by atoms with E-state index in [0.29, 0.717) is 12.3 Å². The van der Waals surface area contributed by atoms with Crippen LogP contribution in [0.4, 0.5) is 0 Å². The van der Waals surface area contributed by atoms with Crippen molar-refractivity contribution in [3.63, 3.8) is 0 Å². The van der Waals surface area contributed by atoms with Crippen molar-refractivity contribution in [2.45, 2.75) is 33.9 Å². The van der Waals surface area contributed by atoms with Gasteiger partial charge in [0.25, 0.3) is 0 Å². The Bertz CT molecular complexity index is 675. The first-order chi connectivity index (χ1) is 10.9. The second-order valence-electron chi connectivity index (χ2n) is 6.06. The zero-order chi connectivity index (χ0) is 16.9. The molecule has 5 nitrogen and oxygen atoms in total. The smallest absolute Gasteiger partial charge is 0.235 e. The Labute approximate surface area is 136 Å². The number of amides is 2. The Morgan fingerprint density at radius 3 is 2.35 bits per heavy atom. The van der Waals surface area contributed by atoms with Crippen molar-refractivity contribution in [3.05, 3.63) is 59.5 Å². The lowest BCUT2D eigenvalue weighted by Gasteiger charge is -2.22. The molecular formula is C18H22N2O3. The van der Waals surface area contributed by atoms with E-state index in [9.17, 15) is 9.59 Å². The van der Waals surface area contributed by atoms with Crippen molar-refractivity contribution in [3.8, 4) is 0 Å². The molecule has 0 aliphatic heterocycles. The van der Waals surface area contributed by atoms with Crippen LogP contribution in [-0.2, 0) is 22.7 Å². The molecule has 0 saturated carbocycles. The van der Waals surface area contributed by atoms with E-state index in [1.54, 1.807) is 32.2 Å². The van der Waals surface area contributed by atoms with Crippen LogP contribution in [0.5, 0.6) is 0 Å². The van der Waals surface area contributed by atoms with Gasteiger partial charge in [-0.2, -0.15) is 0 Å². The largest absolute Gasteiger partial charge is 0.467 e. The lowest BCUT2D eigenvalue weighted by molar-refractivity contribution is -0.141. The van der Waals surface area contributed by atoms with Crippen LogP contribution in [0.3, 0.4) is 0 Å². The second-order valence-corrected chi connectivity index (χ2v) is 6.06. The first-order valence-corrected chi connectivity index (χ1v) is 7.54. The Morgan fingerprint density at radius 1 is 1.04 bits per heavy atom. The van der Waals surface area contributed by atoms with Crippen molar-refractivity contribution in [2.75, 3.05) is 0 Å². The number of nitrogens with one attached hydrogen (secondary N) is 2. The number of hydrogen-bond acceptors (Lipinski definition) is 3. The summed E-state index contributed by atoms with van der Waals surface area (Å²) in [4.78, 5) is 24.6. The van der Waals surface area contributed by atoms with E-state index in [0.717, 1.165) is 11.1 Å². The van der Waals surface area contributed by atoms with Crippen LogP contribution < -0.4 is 10.6 Å². The van der Waals surface area contributed by atoms with Gasteiger partial charge in [0.2, 0.25) is 11.8 Å². The lowest BCUT2D eigenvalue weighted by Crippen LogP contribution is -2.47. The highest BCUT2D eigenvalue weighted by Gasteiger charge is 2.35. The molecule has 0 aliphatic carbocycles. The van der Waals surface area contributed by atoms with Gasteiger partial charge < -0.3 is 15.1 Å². The molecule has 2 rings (SSSR count). The van der Waals surface area contributed by atoms with E-state index in [1.165, 1.54) is 0 Å². The van der Waals surface area contributed by atoms with Gasteiger partial charge in [0.05, 0.1) is 12.8 Å². The number of carbonyl (C=O) groups is 2. The van der Waals surface area contributed by atoms with Crippen LogP contribution in [0.2, 0.25) is 0 Å². The highest BCUT2D eigenvalue weighted by atomic mass is 16.3. The number of aryl methyl sites for hydroxylation is 1. The molecule has 0 unspecified atom stereocenters. The molecular weight excluding hydrogens is 292 g/mol. The first kappa shape index (κ1) is 16.8. The van der Waals surface area contributed by atoms with Gasteiger partial charge >= 0.3 is 0 Å². The molecule has 2 N–H and O–H groups in total. The number of benzene rings is 1.